The van der Waals surface area contributed by atoms with Gasteiger partial charge in [-0.2, -0.15) is 18.5 Å². The Hall–Kier alpha value is -4.25. The summed E-state index contributed by atoms with van der Waals surface area (Å²) in [5.41, 5.74) is 4.08. The molecule has 10 nitrogen and oxygen atoms in total. The van der Waals surface area contributed by atoms with E-state index in [1.54, 1.807) is 45.3 Å². The van der Waals surface area contributed by atoms with Gasteiger partial charge in [0, 0.05) is 37.9 Å². The van der Waals surface area contributed by atoms with Gasteiger partial charge in [-0.15, -0.1) is 4.40 Å². The van der Waals surface area contributed by atoms with Crippen molar-refractivity contribution in [2.45, 2.75) is 31.1 Å². The average molecular weight is 550 g/mol. The Morgan fingerprint density at radius 1 is 1.13 bits per heavy atom. The van der Waals surface area contributed by atoms with Crippen molar-refractivity contribution in [1.82, 2.24) is 4.90 Å². The van der Waals surface area contributed by atoms with Crippen LogP contribution < -0.4 is 9.91 Å². The van der Waals surface area contributed by atoms with Crippen molar-refractivity contribution in [3.63, 3.8) is 0 Å². The van der Waals surface area contributed by atoms with E-state index in [4.69, 9.17) is 4.74 Å². The quantitative estimate of drug-likeness (QED) is 0.234. The van der Waals surface area contributed by atoms with Crippen molar-refractivity contribution in [2.24, 2.45) is 9.50 Å². The van der Waals surface area contributed by atoms with Crippen molar-refractivity contribution < 1.29 is 22.7 Å². The number of carbonyl (C=O) groups is 2. The largest absolute Gasteiger partial charge is 0.465 e. The highest BCUT2D eigenvalue weighted by Gasteiger charge is 2.39. The number of amides is 1. The van der Waals surface area contributed by atoms with Gasteiger partial charge in [0.25, 0.3) is 15.9 Å². The second-order valence-electron chi connectivity index (χ2n) is 10.00. The molecule has 0 spiro atoms. The smallest absolute Gasteiger partial charge is 0.337 e. The first kappa shape index (κ1) is 27.8. The number of carbonyl (C=O) groups excluding carboxylic acids is 2. The molecule has 2 heterocycles. The molecule has 11 heteroatoms. The lowest BCUT2D eigenvalue weighted by Crippen LogP contribution is -2.23. The Bertz CT molecular complexity index is 1580. The Morgan fingerprint density at radius 2 is 1.85 bits per heavy atom. The van der Waals surface area contributed by atoms with Gasteiger partial charge in [-0.05, 0) is 61.0 Å². The molecule has 2 aliphatic rings. The van der Waals surface area contributed by atoms with E-state index in [-0.39, 0.29) is 10.8 Å². The number of likely N-dealkylation sites (N-methyl/N-ethyl adjacent to an activating group) is 1. The molecule has 204 valence electrons. The van der Waals surface area contributed by atoms with Gasteiger partial charge in [0.15, 0.2) is 0 Å². The van der Waals surface area contributed by atoms with Crippen molar-refractivity contribution >= 4 is 45.3 Å². The number of allylic oxidation sites excluding steroid dienone is 3. The van der Waals surface area contributed by atoms with Crippen molar-refractivity contribution in [3.8, 4) is 0 Å². The lowest BCUT2D eigenvalue weighted by Gasteiger charge is -2.23. The Kier molecular flexibility index (Phi) is 7.22. The van der Waals surface area contributed by atoms with E-state index in [2.05, 4.69) is 23.3 Å². The second-order valence-corrected chi connectivity index (χ2v) is 11.6. The minimum atomic E-state index is -3.95. The predicted molar refractivity (Wildman–Crippen MR) is 152 cm³/mol. The van der Waals surface area contributed by atoms with Gasteiger partial charge in [0.2, 0.25) is 0 Å². The summed E-state index contributed by atoms with van der Waals surface area (Å²) in [6.07, 6.45) is 4.81. The molecule has 0 fully saturated rings. The molecule has 4 rings (SSSR count). The lowest BCUT2D eigenvalue weighted by molar-refractivity contribution is -0.114. The summed E-state index contributed by atoms with van der Waals surface area (Å²) >= 11 is 0. The van der Waals surface area contributed by atoms with Crippen molar-refractivity contribution in [3.05, 3.63) is 77.0 Å². The fourth-order valence-corrected chi connectivity index (χ4v) is 5.58. The molecule has 39 heavy (non-hydrogen) atoms. The number of hydrazone groups is 1. The summed E-state index contributed by atoms with van der Waals surface area (Å²) in [7, 11) is 2.68. The number of rotatable bonds is 6. The van der Waals surface area contributed by atoms with Crippen molar-refractivity contribution in [1.29, 1.82) is 0 Å². The topological polar surface area (TPSA) is 112 Å². The maximum atomic E-state index is 13.4. The zero-order chi connectivity index (χ0) is 28.7. The summed E-state index contributed by atoms with van der Waals surface area (Å²) in [5.74, 6) is -0.778. The number of sulfonamides is 1. The normalized spacial score (nSPS) is 18.7. The van der Waals surface area contributed by atoms with Crippen LogP contribution in [0.25, 0.3) is 0 Å². The minimum Gasteiger partial charge on any atom is -0.465 e. The summed E-state index contributed by atoms with van der Waals surface area (Å²) in [5, 5.41) is 5.59. The first-order valence-corrected chi connectivity index (χ1v) is 13.6. The van der Waals surface area contributed by atoms with E-state index in [1.165, 1.54) is 35.5 Å². The van der Waals surface area contributed by atoms with E-state index in [1.807, 2.05) is 30.2 Å². The molecule has 2 aromatic carbocycles. The van der Waals surface area contributed by atoms with E-state index < -0.39 is 21.4 Å². The summed E-state index contributed by atoms with van der Waals surface area (Å²) < 4.78 is 33.8. The van der Waals surface area contributed by atoms with Crippen LogP contribution >= 0.6 is 0 Å². The Labute approximate surface area is 228 Å². The van der Waals surface area contributed by atoms with Crippen LogP contribution in [-0.4, -0.2) is 65.5 Å². The van der Waals surface area contributed by atoms with E-state index in [9.17, 15) is 18.0 Å². The highest BCUT2D eigenvalue weighted by Crippen LogP contribution is 2.47. The lowest BCUT2D eigenvalue weighted by atomic mass is 9.83. The maximum Gasteiger partial charge on any atom is 0.337 e. The van der Waals surface area contributed by atoms with Gasteiger partial charge >= 0.3 is 5.97 Å². The van der Waals surface area contributed by atoms with Crippen LogP contribution in [0.2, 0.25) is 0 Å². The summed E-state index contributed by atoms with van der Waals surface area (Å²) in [4.78, 5) is 29.0. The van der Waals surface area contributed by atoms with Gasteiger partial charge in [-0.25, -0.2) is 4.79 Å². The van der Waals surface area contributed by atoms with Gasteiger partial charge in [-0.3, -0.25) is 4.79 Å². The van der Waals surface area contributed by atoms with Crippen LogP contribution in [0.5, 0.6) is 0 Å². The first-order chi connectivity index (χ1) is 18.3. The fraction of sp³-hybridized carbons (Fsp3) is 0.286. The van der Waals surface area contributed by atoms with Gasteiger partial charge in [0.05, 0.1) is 34.5 Å². The highest BCUT2D eigenvalue weighted by molar-refractivity contribution is 7.90. The molecule has 0 aliphatic carbocycles. The Morgan fingerprint density at radius 3 is 2.51 bits per heavy atom. The Balaban J connectivity index is 1.65. The standard InChI is InChI=1S/C28H31N5O5S/c1-18-22(12-14-25-28(2,3)23-15-19(27(35)38-7)11-13-24(23)32(25)6)26(34)33(30-18)20-9-8-10-21(16-20)39(36,37)29-17-31(4)5/h8-17H,1-7H3/b22-12-,25-14+,29-17+. The number of ether oxygens (including phenoxy) is 1. The third kappa shape index (κ3) is 5.09. The van der Waals surface area contributed by atoms with Crippen molar-refractivity contribution in [2.75, 3.05) is 38.2 Å². The number of fused-ring (bicyclic) bond motifs is 1. The number of esters is 1. The van der Waals surface area contributed by atoms with E-state index >= 15 is 0 Å². The molecule has 2 aliphatic heterocycles. The summed E-state index contributed by atoms with van der Waals surface area (Å²) in [6.45, 7) is 5.83. The average Bonchev–Trinajstić information content (AvgIpc) is 3.29. The number of anilines is 2. The molecular formula is C28H31N5O5S. The van der Waals surface area contributed by atoms with Crippen LogP contribution in [0.3, 0.4) is 0 Å². The number of methoxy groups -OCH3 is 1. The molecule has 0 atom stereocenters. The first-order valence-electron chi connectivity index (χ1n) is 12.1. The van der Waals surface area contributed by atoms with Crippen LogP contribution in [0, 0.1) is 0 Å². The van der Waals surface area contributed by atoms with E-state index in [0.717, 1.165) is 16.9 Å². The highest BCUT2D eigenvalue weighted by atomic mass is 32.2. The molecule has 0 radical (unpaired) electrons. The molecule has 0 aromatic heterocycles. The van der Waals surface area contributed by atoms with Crippen LogP contribution in [0.1, 0.15) is 36.7 Å². The van der Waals surface area contributed by atoms with Gasteiger partial charge in [0.1, 0.15) is 6.34 Å². The maximum absolute atomic E-state index is 13.4. The SMILES string of the molecule is COC(=O)c1ccc2c(c1)C(C)(C)/C(=C\C=C1/C(=O)N(c3cccc(S(=O)(=O)/N=C/N(C)C)c3)N=C1C)N2C. The molecule has 0 bridgehead atoms. The third-order valence-corrected chi connectivity index (χ3v) is 7.92. The minimum absolute atomic E-state index is 0.0447. The fourth-order valence-electron chi connectivity index (χ4n) is 4.62. The number of hydrogen-bond donors (Lipinski definition) is 0. The van der Waals surface area contributed by atoms with Crippen LogP contribution in [0.4, 0.5) is 11.4 Å². The zero-order valence-corrected chi connectivity index (χ0v) is 23.8. The molecular weight excluding hydrogens is 518 g/mol. The van der Waals surface area contributed by atoms with Gasteiger partial charge < -0.3 is 14.5 Å². The van der Waals surface area contributed by atoms with Crippen LogP contribution in [-0.2, 0) is 25.0 Å². The molecule has 0 unspecified atom stereocenters. The molecule has 2 aromatic rings. The van der Waals surface area contributed by atoms with E-state index in [0.29, 0.717) is 22.5 Å². The monoisotopic (exact) mass is 549 g/mol. The molecule has 0 saturated heterocycles. The van der Waals surface area contributed by atoms with Crippen LogP contribution in [0.15, 0.2) is 80.3 Å². The zero-order valence-electron chi connectivity index (χ0n) is 23.0. The molecule has 0 N–H and O–H groups in total. The second kappa shape index (κ2) is 10.1. The predicted octanol–water partition coefficient (Wildman–Crippen LogP) is 3.71. The third-order valence-electron chi connectivity index (χ3n) is 6.70. The number of benzene rings is 2. The summed E-state index contributed by atoms with van der Waals surface area (Å²) in [6, 6.07) is 11.4. The number of nitrogens with zero attached hydrogens (tertiary/aromatic N) is 5. The molecule has 0 saturated carbocycles. The molecule has 1 amide bonds. The number of hydrogen-bond acceptors (Lipinski definition) is 7. The van der Waals surface area contributed by atoms with Gasteiger partial charge in [-0.1, -0.05) is 19.9 Å².